The Balaban J connectivity index is 2.91. The number of hydrogen-bond donors (Lipinski definition) is 1. The summed E-state index contributed by atoms with van der Waals surface area (Å²) in [7, 11) is 1.59. The van der Waals surface area contributed by atoms with Crippen molar-refractivity contribution in [2.24, 2.45) is 5.41 Å². The van der Waals surface area contributed by atoms with Crippen molar-refractivity contribution >= 4 is 11.6 Å². The van der Waals surface area contributed by atoms with Crippen LogP contribution in [0.15, 0.2) is 18.2 Å². The van der Waals surface area contributed by atoms with Crippen molar-refractivity contribution in [3.8, 4) is 11.5 Å². The topological polar surface area (TPSA) is 47.6 Å². The highest BCUT2D eigenvalue weighted by atomic mass is 16.5. The molecule has 4 nitrogen and oxygen atoms in total. The highest BCUT2D eigenvalue weighted by Crippen LogP contribution is 2.30. The normalized spacial score (nSPS) is 10.9. The van der Waals surface area contributed by atoms with E-state index in [1.165, 1.54) is 0 Å². The van der Waals surface area contributed by atoms with Crippen LogP contribution in [0.2, 0.25) is 0 Å². The van der Waals surface area contributed by atoms with Crippen LogP contribution in [0.25, 0.3) is 0 Å². The average Bonchev–Trinajstić information content (AvgIpc) is 2.28. The Bertz CT molecular complexity index is 422. The van der Waals surface area contributed by atoms with Crippen molar-refractivity contribution in [2.75, 3.05) is 19.0 Å². The predicted molar refractivity (Wildman–Crippen MR) is 72.2 cm³/mol. The van der Waals surface area contributed by atoms with Crippen molar-refractivity contribution < 1.29 is 14.3 Å². The van der Waals surface area contributed by atoms with Crippen LogP contribution in [0.4, 0.5) is 5.69 Å². The molecule has 1 aromatic carbocycles. The third-order valence-electron chi connectivity index (χ3n) is 2.40. The van der Waals surface area contributed by atoms with Crippen molar-refractivity contribution in [3.05, 3.63) is 18.2 Å². The van der Waals surface area contributed by atoms with Gasteiger partial charge in [0.05, 0.1) is 13.7 Å². The van der Waals surface area contributed by atoms with E-state index in [9.17, 15) is 4.79 Å². The molecule has 0 saturated heterocycles. The fraction of sp³-hybridized carbons (Fsp3) is 0.500. The molecule has 100 valence electrons. The summed E-state index contributed by atoms with van der Waals surface area (Å²) in [5, 5.41) is 2.86. The summed E-state index contributed by atoms with van der Waals surface area (Å²) in [6.45, 7) is 8.06. The van der Waals surface area contributed by atoms with E-state index in [4.69, 9.17) is 9.47 Å². The van der Waals surface area contributed by atoms with E-state index >= 15 is 0 Å². The summed E-state index contributed by atoms with van der Waals surface area (Å²) < 4.78 is 10.6. The molecule has 1 amide bonds. The van der Waals surface area contributed by atoms with Gasteiger partial charge in [0.25, 0.3) is 0 Å². The molecule has 1 aromatic rings. The first kappa shape index (κ1) is 14.4. The van der Waals surface area contributed by atoms with Crippen LogP contribution in [-0.4, -0.2) is 19.6 Å². The quantitative estimate of drug-likeness (QED) is 0.894. The molecule has 0 fully saturated rings. The molecule has 0 heterocycles. The standard InChI is InChI=1S/C14H21NO3/c1-6-18-12-9-10(7-8-11(12)17-5)15-13(16)14(2,3)4/h7-9H,6H2,1-5H3,(H,15,16). The molecule has 4 heteroatoms. The first-order chi connectivity index (χ1) is 8.38. The molecule has 0 spiro atoms. The van der Waals surface area contributed by atoms with Gasteiger partial charge in [-0.3, -0.25) is 4.79 Å². The lowest BCUT2D eigenvalue weighted by atomic mass is 9.95. The number of ether oxygens (including phenoxy) is 2. The summed E-state index contributed by atoms with van der Waals surface area (Å²) >= 11 is 0. The number of nitrogens with one attached hydrogen (secondary N) is 1. The molecular weight excluding hydrogens is 230 g/mol. The molecule has 1 rings (SSSR count). The lowest BCUT2D eigenvalue weighted by Crippen LogP contribution is -2.27. The number of hydrogen-bond acceptors (Lipinski definition) is 3. The van der Waals surface area contributed by atoms with Crippen molar-refractivity contribution in [1.29, 1.82) is 0 Å². The van der Waals surface area contributed by atoms with Gasteiger partial charge >= 0.3 is 0 Å². The minimum atomic E-state index is -0.425. The Morgan fingerprint density at radius 2 is 1.94 bits per heavy atom. The van der Waals surface area contributed by atoms with Gasteiger partial charge < -0.3 is 14.8 Å². The van der Waals surface area contributed by atoms with E-state index in [0.717, 1.165) is 0 Å². The van der Waals surface area contributed by atoms with Gasteiger partial charge in [0.2, 0.25) is 5.91 Å². The molecule has 0 atom stereocenters. The third-order valence-corrected chi connectivity index (χ3v) is 2.40. The van der Waals surface area contributed by atoms with E-state index in [-0.39, 0.29) is 5.91 Å². The van der Waals surface area contributed by atoms with Crippen LogP contribution in [0.5, 0.6) is 11.5 Å². The molecule has 0 saturated carbocycles. The monoisotopic (exact) mass is 251 g/mol. The van der Waals surface area contributed by atoms with Crippen LogP contribution < -0.4 is 14.8 Å². The number of benzene rings is 1. The fourth-order valence-corrected chi connectivity index (χ4v) is 1.34. The molecule has 0 aliphatic rings. The minimum Gasteiger partial charge on any atom is -0.493 e. The second-order valence-electron chi connectivity index (χ2n) is 5.00. The van der Waals surface area contributed by atoms with Gasteiger partial charge in [0.15, 0.2) is 11.5 Å². The van der Waals surface area contributed by atoms with E-state index in [0.29, 0.717) is 23.8 Å². The maximum Gasteiger partial charge on any atom is 0.229 e. The summed E-state index contributed by atoms with van der Waals surface area (Å²) in [5.74, 6) is 1.26. The van der Waals surface area contributed by atoms with Crippen LogP contribution in [-0.2, 0) is 4.79 Å². The maximum absolute atomic E-state index is 11.9. The largest absolute Gasteiger partial charge is 0.493 e. The fourth-order valence-electron chi connectivity index (χ4n) is 1.34. The van der Waals surface area contributed by atoms with Gasteiger partial charge in [-0.2, -0.15) is 0 Å². The Labute approximate surface area is 108 Å². The molecule has 0 bridgehead atoms. The second-order valence-corrected chi connectivity index (χ2v) is 5.00. The third kappa shape index (κ3) is 3.65. The van der Waals surface area contributed by atoms with Crippen LogP contribution in [0.1, 0.15) is 27.7 Å². The molecular formula is C14H21NO3. The summed E-state index contributed by atoms with van der Waals surface area (Å²) in [5.41, 5.74) is 0.283. The van der Waals surface area contributed by atoms with Crippen molar-refractivity contribution in [1.82, 2.24) is 0 Å². The maximum atomic E-state index is 11.9. The Morgan fingerprint density at radius 1 is 1.28 bits per heavy atom. The highest BCUT2D eigenvalue weighted by Gasteiger charge is 2.21. The van der Waals surface area contributed by atoms with E-state index in [2.05, 4.69) is 5.32 Å². The molecule has 0 aliphatic heterocycles. The summed E-state index contributed by atoms with van der Waals surface area (Å²) in [6, 6.07) is 5.35. The van der Waals surface area contributed by atoms with E-state index in [1.807, 2.05) is 27.7 Å². The molecule has 0 unspecified atom stereocenters. The minimum absolute atomic E-state index is 0.0323. The van der Waals surface area contributed by atoms with Crippen LogP contribution in [0, 0.1) is 5.41 Å². The average molecular weight is 251 g/mol. The zero-order valence-electron chi connectivity index (χ0n) is 11.7. The van der Waals surface area contributed by atoms with E-state index < -0.39 is 5.41 Å². The summed E-state index contributed by atoms with van der Waals surface area (Å²) in [6.07, 6.45) is 0. The van der Waals surface area contributed by atoms with Gasteiger partial charge in [-0.25, -0.2) is 0 Å². The molecule has 0 aliphatic carbocycles. The zero-order chi connectivity index (χ0) is 13.8. The van der Waals surface area contributed by atoms with E-state index in [1.54, 1.807) is 25.3 Å². The molecule has 0 aromatic heterocycles. The molecule has 18 heavy (non-hydrogen) atoms. The Kier molecular flexibility index (Phi) is 4.59. The Morgan fingerprint density at radius 3 is 2.44 bits per heavy atom. The van der Waals surface area contributed by atoms with Crippen LogP contribution >= 0.6 is 0 Å². The van der Waals surface area contributed by atoms with Gasteiger partial charge in [-0.15, -0.1) is 0 Å². The van der Waals surface area contributed by atoms with Gasteiger partial charge in [-0.05, 0) is 19.1 Å². The Hall–Kier alpha value is -1.71. The number of carbonyl (C=O) groups is 1. The first-order valence-corrected chi connectivity index (χ1v) is 6.00. The first-order valence-electron chi connectivity index (χ1n) is 6.00. The lowest BCUT2D eigenvalue weighted by molar-refractivity contribution is -0.123. The lowest BCUT2D eigenvalue weighted by Gasteiger charge is -2.18. The number of methoxy groups -OCH3 is 1. The summed E-state index contributed by atoms with van der Waals surface area (Å²) in [4.78, 5) is 11.9. The molecule has 1 N–H and O–H groups in total. The smallest absolute Gasteiger partial charge is 0.229 e. The van der Waals surface area contributed by atoms with Crippen molar-refractivity contribution in [3.63, 3.8) is 0 Å². The number of amides is 1. The van der Waals surface area contributed by atoms with Gasteiger partial charge in [0.1, 0.15) is 0 Å². The predicted octanol–water partition coefficient (Wildman–Crippen LogP) is 3.08. The zero-order valence-corrected chi connectivity index (χ0v) is 11.7. The van der Waals surface area contributed by atoms with Gasteiger partial charge in [0, 0.05) is 17.2 Å². The second kappa shape index (κ2) is 5.76. The highest BCUT2D eigenvalue weighted by molar-refractivity contribution is 5.94. The molecule has 0 radical (unpaired) electrons. The SMILES string of the molecule is CCOc1cc(NC(=O)C(C)(C)C)ccc1OC. The number of carbonyl (C=O) groups excluding carboxylic acids is 1. The number of anilines is 1. The van der Waals surface area contributed by atoms with Crippen LogP contribution in [0.3, 0.4) is 0 Å². The number of rotatable bonds is 4. The van der Waals surface area contributed by atoms with Gasteiger partial charge in [-0.1, -0.05) is 20.8 Å². The van der Waals surface area contributed by atoms with Crippen molar-refractivity contribution in [2.45, 2.75) is 27.7 Å².